The van der Waals surface area contributed by atoms with Crippen molar-refractivity contribution in [1.82, 2.24) is 15.5 Å². The number of aryl methyl sites for hydroxylation is 1. The molecule has 3 aliphatic rings. The third-order valence-corrected chi connectivity index (χ3v) is 6.43. The number of amides is 4. The number of anilines is 1. The number of carbonyl (C=O) groups is 3. The molecule has 0 radical (unpaired) electrons. The summed E-state index contributed by atoms with van der Waals surface area (Å²) in [5, 5.41) is 5.10. The zero-order chi connectivity index (χ0) is 20.8. The lowest BCUT2D eigenvalue weighted by atomic mass is 9.87. The molecular weight excluding hydrogens is 375 g/mol. The minimum absolute atomic E-state index is 0.000704. The highest BCUT2D eigenvalue weighted by Crippen LogP contribution is 2.43. The van der Waals surface area contributed by atoms with Crippen molar-refractivity contribution < 1.29 is 18.8 Å². The van der Waals surface area contributed by atoms with Gasteiger partial charge in [-0.05, 0) is 62.8 Å². The molecule has 2 heterocycles. The summed E-state index contributed by atoms with van der Waals surface area (Å²) < 4.78 is 13.6. The Morgan fingerprint density at radius 3 is 2.62 bits per heavy atom. The van der Waals surface area contributed by atoms with E-state index in [1.807, 2.05) is 11.0 Å². The molecule has 0 bridgehead atoms. The molecule has 1 unspecified atom stereocenters. The first-order valence-corrected chi connectivity index (χ1v) is 10.2. The van der Waals surface area contributed by atoms with E-state index in [1.54, 1.807) is 13.0 Å². The molecule has 7 nitrogen and oxygen atoms in total. The van der Waals surface area contributed by atoms with Crippen LogP contribution < -0.4 is 15.5 Å². The van der Waals surface area contributed by atoms with Gasteiger partial charge in [-0.1, -0.05) is 0 Å². The number of nitrogens with zero attached hydrogens (tertiary/aromatic N) is 2. The Balaban J connectivity index is 1.36. The van der Waals surface area contributed by atoms with Gasteiger partial charge in [-0.2, -0.15) is 0 Å². The first-order valence-electron chi connectivity index (χ1n) is 10.2. The maximum atomic E-state index is 13.6. The summed E-state index contributed by atoms with van der Waals surface area (Å²) in [6.45, 7) is 5.62. The van der Waals surface area contributed by atoms with Crippen LogP contribution in [0, 0.1) is 18.7 Å². The van der Waals surface area contributed by atoms with Crippen LogP contribution >= 0.6 is 0 Å². The third-order valence-electron chi connectivity index (χ3n) is 6.43. The lowest BCUT2D eigenvalue weighted by Crippen LogP contribution is -2.54. The van der Waals surface area contributed by atoms with Gasteiger partial charge in [-0.25, -0.2) is 9.18 Å². The third kappa shape index (κ3) is 3.68. The lowest BCUT2D eigenvalue weighted by Gasteiger charge is -2.41. The van der Waals surface area contributed by atoms with Crippen LogP contribution in [-0.4, -0.2) is 54.0 Å². The Bertz CT molecular complexity index is 856. The van der Waals surface area contributed by atoms with E-state index in [0.717, 1.165) is 18.5 Å². The summed E-state index contributed by atoms with van der Waals surface area (Å²) in [6, 6.07) is 4.73. The number of hydrogen-bond donors (Lipinski definition) is 2. The van der Waals surface area contributed by atoms with E-state index in [0.29, 0.717) is 31.6 Å². The molecule has 2 atom stereocenters. The van der Waals surface area contributed by atoms with Crippen molar-refractivity contribution in [2.75, 3.05) is 24.5 Å². The van der Waals surface area contributed by atoms with Crippen molar-refractivity contribution in [3.05, 3.63) is 29.6 Å². The van der Waals surface area contributed by atoms with Gasteiger partial charge in [0.1, 0.15) is 11.4 Å². The number of hydrogen-bond acceptors (Lipinski definition) is 4. The molecular formula is C21H27FN4O3. The predicted octanol–water partition coefficient (Wildman–Crippen LogP) is 1.94. The van der Waals surface area contributed by atoms with Crippen molar-refractivity contribution in [2.45, 2.75) is 51.1 Å². The number of imide groups is 1. The SMILES string of the molecule is Cc1cc(N2CCN(C(=O)CCC3(C4CC4)NC(=O)NC3=O)C[C@@H]2C)ccc1F. The summed E-state index contributed by atoms with van der Waals surface area (Å²) >= 11 is 0. The van der Waals surface area contributed by atoms with Crippen LogP contribution in [0.15, 0.2) is 18.2 Å². The van der Waals surface area contributed by atoms with E-state index in [-0.39, 0.29) is 36.0 Å². The molecule has 1 aromatic rings. The highest BCUT2D eigenvalue weighted by atomic mass is 19.1. The predicted molar refractivity (Wildman–Crippen MR) is 106 cm³/mol. The molecule has 0 spiro atoms. The highest BCUT2D eigenvalue weighted by molar-refractivity contribution is 6.07. The molecule has 2 saturated heterocycles. The topological polar surface area (TPSA) is 81.8 Å². The molecule has 1 aromatic carbocycles. The van der Waals surface area contributed by atoms with Gasteiger partial charge in [0.15, 0.2) is 0 Å². The lowest BCUT2D eigenvalue weighted by molar-refractivity contribution is -0.133. The second-order valence-electron chi connectivity index (χ2n) is 8.47. The van der Waals surface area contributed by atoms with Gasteiger partial charge in [-0.15, -0.1) is 0 Å². The van der Waals surface area contributed by atoms with E-state index in [1.165, 1.54) is 6.07 Å². The van der Waals surface area contributed by atoms with Crippen LogP contribution in [0.3, 0.4) is 0 Å². The van der Waals surface area contributed by atoms with Gasteiger partial charge < -0.3 is 15.1 Å². The maximum Gasteiger partial charge on any atom is 0.322 e. The quantitative estimate of drug-likeness (QED) is 0.738. The fourth-order valence-electron chi connectivity index (χ4n) is 4.59. The highest BCUT2D eigenvalue weighted by Gasteiger charge is 2.55. The zero-order valence-electron chi connectivity index (χ0n) is 16.8. The fraction of sp³-hybridized carbons (Fsp3) is 0.571. The number of rotatable bonds is 5. The average Bonchev–Trinajstić information content (AvgIpc) is 3.48. The van der Waals surface area contributed by atoms with Crippen LogP contribution in [-0.2, 0) is 9.59 Å². The van der Waals surface area contributed by atoms with E-state index in [4.69, 9.17) is 0 Å². The monoisotopic (exact) mass is 402 g/mol. The number of halogens is 1. The molecule has 3 fully saturated rings. The molecule has 0 aromatic heterocycles. The van der Waals surface area contributed by atoms with E-state index < -0.39 is 11.6 Å². The molecule has 156 valence electrons. The summed E-state index contributed by atoms with van der Waals surface area (Å²) in [7, 11) is 0. The van der Waals surface area contributed by atoms with Crippen LogP contribution in [0.2, 0.25) is 0 Å². The summed E-state index contributed by atoms with van der Waals surface area (Å²) in [4.78, 5) is 40.8. The van der Waals surface area contributed by atoms with E-state index in [9.17, 15) is 18.8 Å². The van der Waals surface area contributed by atoms with Crippen LogP contribution in [0.1, 0.15) is 38.2 Å². The standard InChI is InChI=1S/C21H27FN4O3/c1-13-11-16(5-6-17(13)22)26-10-9-25(12-14(26)2)18(27)7-8-21(15-3-4-15)19(28)23-20(29)24-21/h5-6,11,14-15H,3-4,7-10,12H2,1-2H3,(H2,23,24,28,29)/t14-,21?/m0/s1. The molecule has 29 heavy (non-hydrogen) atoms. The number of urea groups is 1. The van der Waals surface area contributed by atoms with E-state index in [2.05, 4.69) is 22.5 Å². The molecule has 2 aliphatic heterocycles. The second-order valence-corrected chi connectivity index (χ2v) is 8.47. The Kier molecular flexibility index (Phi) is 4.96. The Labute approximate surface area is 169 Å². The number of piperazine rings is 1. The smallest absolute Gasteiger partial charge is 0.322 e. The van der Waals surface area contributed by atoms with Gasteiger partial charge in [0.05, 0.1) is 0 Å². The molecule has 2 N–H and O–H groups in total. The largest absolute Gasteiger partial charge is 0.365 e. The Morgan fingerprint density at radius 2 is 2.03 bits per heavy atom. The number of benzene rings is 1. The van der Waals surface area contributed by atoms with Gasteiger partial charge in [0.25, 0.3) is 5.91 Å². The van der Waals surface area contributed by atoms with E-state index >= 15 is 0 Å². The second kappa shape index (κ2) is 7.31. The van der Waals surface area contributed by atoms with Crippen LogP contribution in [0.5, 0.6) is 0 Å². The van der Waals surface area contributed by atoms with Crippen molar-refractivity contribution in [3.8, 4) is 0 Å². The van der Waals surface area contributed by atoms with Crippen LogP contribution in [0.4, 0.5) is 14.9 Å². The Morgan fingerprint density at radius 1 is 1.28 bits per heavy atom. The van der Waals surface area contributed by atoms with Crippen molar-refractivity contribution in [3.63, 3.8) is 0 Å². The molecule has 4 amide bonds. The molecule has 8 heteroatoms. The first-order chi connectivity index (χ1) is 13.8. The van der Waals surface area contributed by atoms with Crippen molar-refractivity contribution in [1.29, 1.82) is 0 Å². The van der Waals surface area contributed by atoms with Crippen molar-refractivity contribution in [2.24, 2.45) is 5.92 Å². The average molecular weight is 402 g/mol. The number of nitrogens with one attached hydrogen (secondary N) is 2. The minimum atomic E-state index is -0.925. The van der Waals surface area contributed by atoms with Gasteiger partial charge in [-0.3, -0.25) is 14.9 Å². The summed E-state index contributed by atoms with van der Waals surface area (Å²) in [5.74, 6) is -0.398. The Hall–Kier alpha value is -2.64. The molecule has 1 saturated carbocycles. The van der Waals surface area contributed by atoms with Gasteiger partial charge in [0.2, 0.25) is 5.91 Å². The maximum absolute atomic E-state index is 13.6. The normalized spacial score (nSPS) is 27.1. The number of carbonyl (C=O) groups excluding carboxylic acids is 3. The van der Waals surface area contributed by atoms with Gasteiger partial charge in [0, 0.05) is 37.8 Å². The van der Waals surface area contributed by atoms with Gasteiger partial charge >= 0.3 is 6.03 Å². The minimum Gasteiger partial charge on any atom is -0.365 e. The summed E-state index contributed by atoms with van der Waals surface area (Å²) in [6.07, 6.45) is 2.36. The first kappa shape index (κ1) is 19.7. The zero-order valence-corrected chi connectivity index (χ0v) is 16.8. The molecule has 4 rings (SSSR count). The van der Waals surface area contributed by atoms with Crippen molar-refractivity contribution >= 4 is 23.5 Å². The summed E-state index contributed by atoms with van der Waals surface area (Å²) in [5.41, 5.74) is 0.642. The molecule has 1 aliphatic carbocycles. The van der Waals surface area contributed by atoms with Crippen LogP contribution in [0.25, 0.3) is 0 Å². The fourth-order valence-corrected chi connectivity index (χ4v) is 4.59.